The van der Waals surface area contributed by atoms with Gasteiger partial charge in [0.1, 0.15) is 29.7 Å². The number of hydrogen-bond donors (Lipinski definition) is 5. The van der Waals surface area contributed by atoms with Gasteiger partial charge in [-0.1, -0.05) is 32.9 Å². The number of amidine groups is 1. The maximum atomic E-state index is 13.4. The van der Waals surface area contributed by atoms with Gasteiger partial charge in [-0.15, -0.1) is 0 Å². The van der Waals surface area contributed by atoms with E-state index in [2.05, 4.69) is 0 Å². The van der Waals surface area contributed by atoms with Crippen molar-refractivity contribution in [1.29, 1.82) is 5.41 Å². The highest BCUT2D eigenvalue weighted by molar-refractivity contribution is 6.22. The first-order valence-electron chi connectivity index (χ1n) is 20.0. The van der Waals surface area contributed by atoms with Gasteiger partial charge in [0.15, 0.2) is 0 Å². The van der Waals surface area contributed by atoms with Gasteiger partial charge in [0, 0.05) is 30.1 Å². The molecule has 60 heavy (non-hydrogen) atoms. The van der Waals surface area contributed by atoms with Crippen LogP contribution in [0.25, 0.3) is 22.3 Å². The number of fused-ring (bicyclic) bond motifs is 4. The van der Waals surface area contributed by atoms with E-state index in [4.69, 9.17) is 30.7 Å². The highest BCUT2D eigenvalue weighted by atomic mass is 16.7. The second-order valence-corrected chi connectivity index (χ2v) is 15.7. The Morgan fingerprint density at radius 3 is 2.37 bits per heavy atom. The Balaban J connectivity index is 0.957. The normalized spacial score (nSPS) is 13.6. The van der Waals surface area contributed by atoms with Crippen LogP contribution in [0, 0.1) is 18.3 Å². The van der Waals surface area contributed by atoms with Crippen LogP contribution < -0.4 is 20.9 Å². The second kappa shape index (κ2) is 16.8. The highest BCUT2D eigenvalue weighted by Gasteiger charge is 2.29. The van der Waals surface area contributed by atoms with E-state index in [9.17, 15) is 29.4 Å². The number of aromatic hydroxyl groups is 2. The van der Waals surface area contributed by atoms with E-state index in [0.29, 0.717) is 64.9 Å². The number of aromatic nitrogens is 2. The minimum atomic E-state index is -1.45. The van der Waals surface area contributed by atoms with Crippen molar-refractivity contribution in [3.05, 3.63) is 110 Å². The molecule has 2 aliphatic rings. The topological polar surface area (TPSA) is 222 Å². The van der Waals surface area contributed by atoms with Crippen molar-refractivity contribution < 1.29 is 39.2 Å². The number of urea groups is 1. The third kappa shape index (κ3) is 8.07. The Morgan fingerprint density at radius 1 is 1.00 bits per heavy atom. The Labute approximate surface area is 346 Å². The molecule has 0 spiro atoms. The van der Waals surface area contributed by atoms with Gasteiger partial charge in [-0.05, 0) is 116 Å². The first-order chi connectivity index (χ1) is 28.6. The van der Waals surface area contributed by atoms with Gasteiger partial charge in [-0.25, -0.2) is 24.3 Å². The lowest BCUT2D eigenvalue weighted by molar-refractivity contribution is 0.0847. The predicted octanol–water partition coefficient (Wildman–Crippen LogP) is 7.78. The molecule has 15 nitrogen and oxygen atoms in total. The maximum absolute atomic E-state index is 13.4. The number of hydrogen-bond acceptors (Lipinski definition) is 10. The molecular formula is C45H48N6O9. The molecule has 0 saturated carbocycles. The van der Waals surface area contributed by atoms with E-state index in [-0.39, 0.29) is 53.1 Å². The summed E-state index contributed by atoms with van der Waals surface area (Å²) in [5.74, 6) is -0.0370. The molecule has 7 rings (SSSR count). The number of nitrogens with one attached hydrogen (secondary N) is 1. The van der Waals surface area contributed by atoms with Crippen LogP contribution in [0.2, 0.25) is 0 Å². The number of likely N-dealkylation sites (tertiary alicyclic amines) is 1. The van der Waals surface area contributed by atoms with Crippen LogP contribution >= 0.6 is 0 Å². The third-order valence-electron chi connectivity index (χ3n) is 11.6. The molecule has 312 valence electrons. The number of carbonyl (C=O) groups is 3. The molecule has 0 aliphatic carbocycles. The van der Waals surface area contributed by atoms with Crippen LogP contribution in [0.1, 0.15) is 84.9 Å². The minimum absolute atomic E-state index is 0.0731. The number of pyridine rings is 2. The number of nitrogens with zero attached hydrogens (tertiary/aromatic N) is 4. The fourth-order valence-corrected chi connectivity index (χ4v) is 8.31. The van der Waals surface area contributed by atoms with E-state index in [1.807, 2.05) is 51.1 Å². The SMILES string of the molecule is CCc1c2c(nc3ccc(OC(=O)N4CCC(CCc5ccc(N(C(=N)c6cc(C(C)C)c(O)cc6O)C(N)=O)cc5)CC4)cc13)-c1cc(C)c(COC(=O)O)c(=O)n1C2. The van der Waals surface area contributed by atoms with Crippen LogP contribution in [0.4, 0.5) is 20.1 Å². The van der Waals surface area contributed by atoms with Crippen molar-refractivity contribution in [2.75, 3.05) is 18.0 Å². The number of carbonyl (C=O) groups excluding carboxylic acids is 2. The molecule has 5 aromatic rings. The van der Waals surface area contributed by atoms with Crippen molar-refractivity contribution >= 4 is 40.7 Å². The van der Waals surface area contributed by atoms with E-state index >= 15 is 0 Å². The van der Waals surface area contributed by atoms with Crippen LogP contribution in [-0.4, -0.2) is 67.0 Å². The van der Waals surface area contributed by atoms with E-state index in [1.54, 1.807) is 34.6 Å². The minimum Gasteiger partial charge on any atom is -0.508 e. The molecule has 1 fully saturated rings. The third-order valence-corrected chi connectivity index (χ3v) is 11.6. The number of phenolic OH excluding ortho intramolecular Hbond substituents is 2. The number of nitrogens with two attached hydrogens (primary N) is 1. The summed E-state index contributed by atoms with van der Waals surface area (Å²) in [5, 5.41) is 39.3. The van der Waals surface area contributed by atoms with Crippen molar-refractivity contribution in [2.24, 2.45) is 11.7 Å². The van der Waals surface area contributed by atoms with Gasteiger partial charge in [0.2, 0.25) is 0 Å². The Morgan fingerprint density at radius 2 is 1.72 bits per heavy atom. The lowest BCUT2D eigenvalue weighted by atomic mass is 9.90. The molecule has 0 radical (unpaired) electrons. The number of benzene rings is 3. The molecule has 6 N–H and O–H groups in total. The maximum Gasteiger partial charge on any atom is 0.506 e. The van der Waals surface area contributed by atoms with Crippen LogP contribution in [0.3, 0.4) is 0 Å². The molecule has 0 bridgehead atoms. The number of anilines is 1. The Hall–Kier alpha value is -6.90. The summed E-state index contributed by atoms with van der Waals surface area (Å²) in [6.45, 7) is 8.57. The molecule has 1 saturated heterocycles. The quantitative estimate of drug-likeness (QED) is 0.0513. The van der Waals surface area contributed by atoms with Gasteiger partial charge >= 0.3 is 18.3 Å². The lowest BCUT2D eigenvalue weighted by Crippen LogP contribution is -2.41. The molecule has 4 heterocycles. The standard InChI is InChI=1S/C45H48N6O9/c1-5-30-32-19-29(12-13-36(32)48-40-34(30)22-50-37(40)18-25(4)35(42(50)54)23-59-45(57)58)60-44(56)49-16-14-27(15-17-49)7-6-26-8-10-28(11-9-26)51(43(47)55)41(46)33-20-31(24(2)3)38(52)21-39(33)53/h8-13,18-21,24,27,46,52-53H,5-7,14-17,22-23H2,1-4H3,(H2,47,55)(H,57,58). The predicted molar refractivity (Wildman–Crippen MR) is 225 cm³/mol. The molecule has 3 amide bonds. The first kappa shape index (κ1) is 41.3. The molecule has 0 unspecified atom stereocenters. The molecule has 3 aromatic carbocycles. The number of piperidine rings is 1. The van der Waals surface area contributed by atoms with Gasteiger partial charge in [-0.2, -0.15) is 0 Å². The van der Waals surface area contributed by atoms with Crippen LogP contribution in [0.15, 0.2) is 65.5 Å². The molecule has 15 heteroatoms. The zero-order chi connectivity index (χ0) is 43.0. The number of aryl methyl sites for hydroxylation is 3. The first-order valence-corrected chi connectivity index (χ1v) is 20.0. The molecule has 0 atom stereocenters. The number of ether oxygens (including phenoxy) is 2. The zero-order valence-corrected chi connectivity index (χ0v) is 33.9. The zero-order valence-electron chi connectivity index (χ0n) is 33.9. The summed E-state index contributed by atoms with van der Waals surface area (Å²) in [5.41, 5.74) is 12.3. The monoisotopic (exact) mass is 816 g/mol. The summed E-state index contributed by atoms with van der Waals surface area (Å²) < 4.78 is 12.2. The van der Waals surface area contributed by atoms with Gasteiger partial charge in [-0.3, -0.25) is 10.2 Å². The number of amides is 3. The van der Waals surface area contributed by atoms with Crippen molar-refractivity contribution in [3.63, 3.8) is 0 Å². The number of rotatable bonds is 10. The van der Waals surface area contributed by atoms with Crippen molar-refractivity contribution in [3.8, 4) is 28.6 Å². The number of carboxylic acid groups (broad SMARTS) is 1. The van der Waals surface area contributed by atoms with E-state index < -0.39 is 18.3 Å². The molecule has 2 aliphatic heterocycles. The fourth-order valence-electron chi connectivity index (χ4n) is 8.31. The second-order valence-electron chi connectivity index (χ2n) is 15.7. The lowest BCUT2D eigenvalue weighted by Gasteiger charge is -2.31. The average molecular weight is 817 g/mol. The average Bonchev–Trinajstić information content (AvgIpc) is 3.57. The number of phenols is 2. The van der Waals surface area contributed by atoms with E-state index in [1.165, 1.54) is 12.1 Å². The Kier molecular flexibility index (Phi) is 11.5. The van der Waals surface area contributed by atoms with Crippen LogP contribution in [0.5, 0.6) is 17.2 Å². The molecular weight excluding hydrogens is 769 g/mol. The Bertz CT molecular complexity index is 2590. The van der Waals surface area contributed by atoms with Gasteiger partial charge in [0.05, 0.1) is 40.3 Å². The summed E-state index contributed by atoms with van der Waals surface area (Å²) in [4.78, 5) is 57.9. The summed E-state index contributed by atoms with van der Waals surface area (Å²) >= 11 is 0. The number of primary amides is 1. The van der Waals surface area contributed by atoms with Crippen LogP contribution in [-0.2, 0) is 30.7 Å². The van der Waals surface area contributed by atoms with E-state index in [0.717, 1.165) is 52.7 Å². The largest absolute Gasteiger partial charge is 0.508 e. The van der Waals surface area contributed by atoms with Gasteiger partial charge < -0.3 is 40.0 Å². The van der Waals surface area contributed by atoms with Crippen molar-refractivity contribution in [1.82, 2.24) is 14.5 Å². The summed E-state index contributed by atoms with van der Waals surface area (Å²) in [6.07, 6.45) is 2.06. The van der Waals surface area contributed by atoms with Crippen molar-refractivity contribution in [2.45, 2.75) is 78.9 Å². The molecule has 2 aromatic heterocycles. The fraction of sp³-hybridized carbons (Fsp3) is 0.333. The summed E-state index contributed by atoms with van der Waals surface area (Å²) in [6, 6.07) is 16.2. The summed E-state index contributed by atoms with van der Waals surface area (Å²) in [7, 11) is 0. The highest BCUT2D eigenvalue weighted by Crippen LogP contribution is 2.38. The van der Waals surface area contributed by atoms with Gasteiger partial charge in [0.25, 0.3) is 5.56 Å². The smallest absolute Gasteiger partial charge is 0.506 e.